The molecule has 17 heavy (non-hydrogen) atoms. The van der Waals surface area contributed by atoms with Crippen LogP contribution in [0.3, 0.4) is 0 Å². The largest absolute Gasteiger partial charge is 0.338 e. The van der Waals surface area contributed by atoms with Gasteiger partial charge in [0.1, 0.15) is 5.01 Å². The lowest BCUT2D eigenvalue weighted by Gasteiger charge is -2.01. The van der Waals surface area contributed by atoms with Gasteiger partial charge >= 0.3 is 0 Å². The number of thiazole rings is 1. The normalized spacial score (nSPS) is 12.9. The van der Waals surface area contributed by atoms with Crippen molar-refractivity contribution in [1.82, 2.24) is 15.1 Å². The van der Waals surface area contributed by atoms with E-state index in [1.165, 1.54) is 0 Å². The van der Waals surface area contributed by atoms with Crippen molar-refractivity contribution in [2.45, 2.75) is 39.2 Å². The molecule has 0 unspecified atom stereocenters. The summed E-state index contributed by atoms with van der Waals surface area (Å²) in [5.41, 5.74) is 6.93. The second kappa shape index (κ2) is 5.37. The molecule has 6 heteroatoms. The van der Waals surface area contributed by atoms with Crippen molar-refractivity contribution in [1.29, 1.82) is 0 Å². The average Bonchev–Trinajstić information content (AvgIpc) is 2.89. The SMILES string of the molecule is CCC[C@@H](N)c1nc(Cc2nc(C)cs2)no1. The summed E-state index contributed by atoms with van der Waals surface area (Å²) in [6.07, 6.45) is 2.48. The molecular weight excluding hydrogens is 236 g/mol. The second-order valence-corrected chi connectivity index (χ2v) is 4.95. The summed E-state index contributed by atoms with van der Waals surface area (Å²) in [5.74, 6) is 1.18. The molecule has 0 spiro atoms. The molecule has 0 aliphatic rings. The van der Waals surface area contributed by atoms with Crippen LogP contribution >= 0.6 is 11.3 Å². The molecule has 0 saturated carbocycles. The number of aromatic nitrogens is 3. The lowest BCUT2D eigenvalue weighted by molar-refractivity contribution is 0.345. The van der Waals surface area contributed by atoms with Crippen molar-refractivity contribution < 1.29 is 4.52 Å². The monoisotopic (exact) mass is 252 g/mol. The van der Waals surface area contributed by atoms with Gasteiger partial charge in [-0.1, -0.05) is 18.5 Å². The van der Waals surface area contributed by atoms with Crippen LogP contribution in [0.1, 0.15) is 48.2 Å². The third kappa shape index (κ3) is 3.10. The molecule has 0 aromatic carbocycles. The quantitative estimate of drug-likeness (QED) is 0.882. The Morgan fingerprint density at radius 1 is 1.47 bits per heavy atom. The number of rotatable bonds is 5. The van der Waals surface area contributed by atoms with E-state index in [-0.39, 0.29) is 6.04 Å². The standard InChI is InChI=1S/C11H16N4OS/c1-3-4-8(12)11-14-9(15-16-11)5-10-13-7(2)6-17-10/h6,8H,3-5,12H2,1-2H3/t8-/m1/s1. The van der Waals surface area contributed by atoms with E-state index in [9.17, 15) is 0 Å². The lowest BCUT2D eigenvalue weighted by Crippen LogP contribution is -2.10. The Balaban J connectivity index is 2.03. The van der Waals surface area contributed by atoms with Crippen LogP contribution in [0.5, 0.6) is 0 Å². The van der Waals surface area contributed by atoms with Crippen LogP contribution < -0.4 is 5.73 Å². The number of nitrogens with two attached hydrogens (primary N) is 1. The van der Waals surface area contributed by atoms with E-state index >= 15 is 0 Å². The Bertz CT molecular complexity index is 479. The Labute approximate surface area is 104 Å². The minimum absolute atomic E-state index is 0.153. The molecule has 0 aliphatic carbocycles. The molecule has 5 nitrogen and oxygen atoms in total. The van der Waals surface area contributed by atoms with E-state index in [1.54, 1.807) is 11.3 Å². The van der Waals surface area contributed by atoms with E-state index in [1.807, 2.05) is 12.3 Å². The predicted molar refractivity (Wildman–Crippen MR) is 65.8 cm³/mol. The van der Waals surface area contributed by atoms with Crippen molar-refractivity contribution in [3.05, 3.63) is 27.8 Å². The summed E-state index contributed by atoms with van der Waals surface area (Å²) in [7, 11) is 0. The average molecular weight is 252 g/mol. The van der Waals surface area contributed by atoms with Gasteiger partial charge < -0.3 is 10.3 Å². The predicted octanol–water partition coefficient (Wildman–Crippen LogP) is 2.23. The third-order valence-corrected chi connectivity index (χ3v) is 3.34. The Kier molecular flexibility index (Phi) is 3.86. The fourth-order valence-corrected chi connectivity index (χ4v) is 2.31. The first-order valence-electron chi connectivity index (χ1n) is 5.68. The molecule has 2 rings (SSSR count). The molecule has 1 atom stereocenters. The lowest BCUT2D eigenvalue weighted by atomic mass is 10.2. The summed E-state index contributed by atoms with van der Waals surface area (Å²) < 4.78 is 5.15. The fourth-order valence-electron chi connectivity index (χ4n) is 1.54. The maximum absolute atomic E-state index is 5.91. The van der Waals surface area contributed by atoms with E-state index in [0.29, 0.717) is 18.1 Å². The van der Waals surface area contributed by atoms with E-state index in [0.717, 1.165) is 23.5 Å². The summed E-state index contributed by atoms with van der Waals surface area (Å²) in [4.78, 5) is 8.66. The minimum atomic E-state index is -0.153. The maximum atomic E-state index is 5.91. The number of hydrogen-bond acceptors (Lipinski definition) is 6. The zero-order chi connectivity index (χ0) is 12.3. The summed E-state index contributed by atoms with van der Waals surface area (Å²) >= 11 is 1.61. The van der Waals surface area contributed by atoms with Gasteiger partial charge in [0.2, 0.25) is 5.89 Å². The van der Waals surface area contributed by atoms with Crippen molar-refractivity contribution in [2.24, 2.45) is 5.73 Å². The van der Waals surface area contributed by atoms with Crippen molar-refractivity contribution >= 4 is 11.3 Å². The zero-order valence-corrected chi connectivity index (χ0v) is 10.8. The van der Waals surface area contributed by atoms with Gasteiger partial charge in [-0.25, -0.2) is 4.98 Å². The molecule has 0 saturated heterocycles. The van der Waals surface area contributed by atoms with Crippen LogP contribution in [0.15, 0.2) is 9.90 Å². The fraction of sp³-hybridized carbons (Fsp3) is 0.545. The van der Waals surface area contributed by atoms with Crippen molar-refractivity contribution in [3.8, 4) is 0 Å². The molecule has 0 aliphatic heterocycles. The molecule has 2 N–H and O–H groups in total. The number of nitrogens with zero attached hydrogens (tertiary/aromatic N) is 3. The molecule has 2 aromatic rings. The second-order valence-electron chi connectivity index (χ2n) is 4.00. The highest BCUT2D eigenvalue weighted by atomic mass is 32.1. The molecule has 0 bridgehead atoms. The highest BCUT2D eigenvalue weighted by molar-refractivity contribution is 7.09. The summed E-state index contributed by atoms with van der Waals surface area (Å²) in [5, 5.41) is 6.94. The highest BCUT2D eigenvalue weighted by Crippen LogP contribution is 2.16. The molecule has 0 amide bonds. The smallest absolute Gasteiger partial charge is 0.243 e. The van der Waals surface area contributed by atoms with Gasteiger partial charge in [-0.05, 0) is 13.3 Å². The number of hydrogen-bond donors (Lipinski definition) is 1. The zero-order valence-electron chi connectivity index (χ0n) is 10.0. The molecule has 2 aromatic heterocycles. The van der Waals surface area contributed by atoms with Crippen LogP contribution in [-0.4, -0.2) is 15.1 Å². The molecular formula is C11H16N4OS. The highest BCUT2D eigenvalue weighted by Gasteiger charge is 2.14. The van der Waals surface area contributed by atoms with Gasteiger partial charge in [0, 0.05) is 11.1 Å². The van der Waals surface area contributed by atoms with Crippen LogP contribution in [0.4, 0.5) is 0 Å². The molecule has 2 heterocycles. The topological polar surface area (TPSA) is 77.8 Å². The summed E-state index contributed by atoms with van der Waals surface area (Å²) in [6, 6.07) is -0.153. The van der Waals surface area contributed by atoms with Crippen molar-refractivity contribution in [2.75, 3.05) is 0 Å². The first-order valence-corrected chi connectivity index (χ1v) is 6.56. The van der Waals surface area contributed by atoms with Crippen molar-refractivity contribution in [3.63, 3.8) is 0 Å². The minimum Gasteiger partial charge on any atom is -0.338 e. The summed E-state index contributed by atoms with van der Waals surface area (Å²) in [6.45, 7) is 4.05. The molecule has 92 valence electrons. The Morgan fingerprint density at radius 2 is 2.29 bits per heavy atom. The van der Waals surface area contributed by atoms with Gasteiger partial charge in [-0.15, -0.1) is 11.3 Å². The van der Waals surface area contributed by atoms with Gasteiger partial charge in [0.25, 0.3) is 0 Å². The first-order chi connectivity index (χ1) is 8.19. The van der Waals surface area contributed by atoms with Gasteiger partial charge in [0.15, 0.2) is 5.82 Å². The van der Waals surface area contributed by atoms with Gasteiger partial charge in [0.05, 0.1) is 12.5 Å². The van der Waals surface area contributed by atoms with Gasteiger partial charge in [-0.3, -0.25) is 0 Å². The number of aryl methyl sites for hydroxylation is 1. The van der Waals surface area contributed by atoms with Crippen LogP contribution in [-0.2, 0) is 6.42 Å². The third-order valence-electron chi connectivity index (χ3n) is 2.38. The van der Waals surface area contributed by atoms with Crippen LogP contribution in [0.25, 0.3) is 0 Å². The Morgan fingerprint density at radius 3 is 2.94 bits per heavy atom. The van der Waals surface area contributed by atoms with E-state index in [2.05, 4.69) is 22.0 Å². The maximum Gasteiger partial charge on any atom is 0.243 e. The van der Waals surface area contributed by atoms with Gasteiger partial charge in [-0.2, -0.15) is 4.98 Å². The van der Waals surface area contributed by atoms with Crippen LogP contribution in [0.2, 0.25) is 0 Å². The Hall–Kier alpha value is -1.27. The molecule has 0 radical (unpaired) electrons. The van der Waals surface area contributed by atoms with Crippen LogP contribution in [0, 0.1) is 6.92 Å². The molecule has 0 fully saturated rings. The van der Waals surface area contributed by atoms with E-state index < -0.39 is 0 Å². The van der Waals surface area contributed by atoms with E-state index in [4.69, 9.17) is 10.3 Å². The first kappa shape index (κ1) is 12.2.